The summed E-state index contributed by atoms with van der Waals surface area (Å²) in [5, 5.41) is 20.5. The summed E-state index contributed by atoms with van der Waals surface area (Å²) in [7, 11) is 0. The normalized spacial score (nSPS) is 26.9. The van der Waals surface area contributed by atoms with Crippen LogP contribution in [0.5, 0.6) is 0 Å². The smallest absolute Gasteiger partial charge is 0.302 e. The molecular weight excluding hydrogens is 340 g/mol. The van der Waals surface area contributed by atoms with E-state index in [1.165, 1.54) is 13.3 Å². The lowest BCUT2D eigenvalue weighted by molar-refractivity contribution is -0.141. The highest BCUT2D eigenvalue weighted by Gasteiger charge is 2.37. The lowest BCUT2D eigenvalue weighted by Gasteiger charge is -2.20. The number of aliphatic hydroxyl groups is 2. The Bertz CT molecular complexity index is 457. The zero-order valence-electron chi connectivity index (χ0n) is 17.5. The van der Waals surface area contributed by atoms with Crippen LogP contribution in [0.25, 0.3) is 0 Å². The van der Waals surface area contributed by atoms with E-state index >= 15 is 0 Å². The Kier molecular flexibility index (Phi) is 12.4. The van der Waals surface area contributed by atoms with Crippen LogP contribution in [-0.2, 0) is 9.53 Å². The maximum Gasteiger partial charge on any atom is 0.302 e. The zero-order valence-corrected chi connectivity index (χ0v) is 17.5. The summed E-state index contributed by atoms with van der Waals surface area (Å²) in [5.74, 6) is 0.788. The molecule has 4 nitrogen and oxygen atoms in total. The number of hydrogen-bond donors (Lipinski definition) is 2. The van der Waals surface area contributed by atoms with Crippen molar-refractivity contribution in [2.75, 3.05) is 6.61 Å². The van der Waals surface area contributed by atoms with Gasteiger partial charge in [-0.1, -0.05) is 57.4 Å². The molecule has 0 unspecified atom stereocenters. The van der Waals surface area contributed by atoms with E-state index in [0.29, 0.717) is 18.4 Å². The molecule has 1 aliphatic carbocycles. The maximum absolute atomic E-state index is 10.7. The summed E-state index contributed by atoms with van der Waals surface area (Å²) in [6.07, 6.45) is 16.6. The van der Waals surface area contributed by atoms with E-state index in [9.17, 15) is 15.0 Å². The molecule has 0 radical (unpaired) electrons. The maximum atomic E-state index is 10.7. The number of hydrogen-bond acceptors (Lipinski definition) is 4. The van der Waals surface area contributed by atoms with Crippen LogP contribution in [0.1, 0.15) is 78.6 Å². The van der Waals surface area contributed by atoms with Crippen molar-refractivity contribution in [3.8, 4) is 0 Å². The summed E-state index contributed by atoms with van der Waals surface area (Å²) in [5.41, 5.74) is 0. The molecule has 0 aromatic heterocycles. The highest BCUT2D eigenvalue weighted by atomic mass is 16.5. The van der Waals surface area contributed by atoms with Gasteiger partial charge in [0.05, 0.1) is 18.8 Å². The highest BCUT2D eigenvalue weighted by Crippen LogP contribution is 2.40. The van der Waals surface area contributed by atoms with Crippen molar-refractivity contribution in [1.29, 1.82) is 0 Å². The van der Waals surface area contributed by atoms with Crippen molar-refractivity contribution in [3.63, 3.8) is 0 Å². The molecule has 27 heavy (non-hydrogen) atoms. The van der Waals surface area contributed by atoms with E-state index in [2.05, 4.69) is 32.1 Å². The van der Waals surface area contributed by atoms with E-state index in [1.807, 2.05) is 6.08 Å². The van der Waals surface area contributed by atoms with Crippen molar-refractivity contribution >= 4 is 5.97 Å². The van der Waals surface area contributed by atoms with Crippen LogP contribution in [0.15, 0.2) is 24.3 Å². The van der Waals surface area contributed by atoms with E-state index in [1.54, 1.807) is 0 Å². The molecule has 1 rings (SSSR count). The average molecular weight is 381 g/mol. The first-order valence-corrected chi connectivity index (χ1v) is 10.8. The van der Waals surface area contributed by atoms with E-state index < -0.39 is 0 Å². The molecule has 1 aliphatic rings. The summed E-state index contributed by atoms with van der Waals surface area (Å²) < 4.78 is 4.92. The number of aliphatic hydroxyl groups excluding tert-OH is 2. The highest BCUT2D eigenvalue weighted by molar-refractivity contribution is 5.65. The number of esters is 1. The summed E-state index contributed by atoms with van der Waals surface area (Å²) >= 11 is 0. The van der Waals surface area contributed by atoms with Crippen molar-refractivity contribution in [2.24, 2.45) is 17.8 Å². The Labute approximate surface area is 165 Å². The van der Waals surface area contributed by atoms with Crippen molar-refractivity contribution in [1.82, 2.24) is 0 Å². The largest absolute Gasteiger partial charge is 0.466 e. The topological polar surface area (TPSA) is 66.8 Å². The van der Waals surface area contributed by atoms with Crippen LogP contribution < -0.4 is 0 Å². The van der Waals surface area contributed by atoms with Crippen LogP contribution in [-0.4, -0.2) is 35.0 Å². The van der Waals surface area contributed by atoms with Gasteiger partial charge in [-0.2, -0.15) is 0 Å². The van der Waals surface area contributed by atoms with E-state index in [4.69, 9.17) is 4.74 Å². The predicted molar refractivity (Wildman–Crippen MR) is 110 cm³/mol. The summed E-state index contributed by atoms with van der Waals surface area (Å²) in [4.78, 5) is 10.7. The van der Waals surface area contributed by atoms with Gasteiger partial charge in [-0.3, -0.25) is 4.79 Å². The minimum Gasteiger partial charge on any atom is -0.466 e. The molecule has 0 saturated heterocycles. The number of unbranched alkanes of at least 4 members (excludes halogenated alkanes) is 4. The molecule has 5 atom stereocenters. The van der Waals surface area contributed by atoms with Crippen LogP contribution >= 0.6 is 0 Å². The van der Waals surface area contributed by atoms with Gasteiger partial charge in [-0.05, 0) is 56.3 Å². The molecule has 156 valence electrons. The molecule has 0 heterocycles. The van der Waals surface area contributed by atoms with Gasteiger partial charge in [0.25, 0.3) is 0 Å². The average Bonchev–Trinajstić information content (AvgIpc) is 2.88. The molecule has 0 amide bonds. The van der Waals surface area contributed by atoms with E-state index in [-0.39, 0.29) is 24.1 Å². The quantitative estimate of drug-likeness (QED) is 0.274. The number of ether oxygens (including phenoxy) is 1. The lowest BCUT2D eigenvalue weighted by atomic mass is 9.86. The third kappa shape index (κ3) is 10.1. The minimum atomic E-state index is -0.366. The molecular formula is C23H40O4. The third-order valence-corrected chi connectivity index (χ3v) is 5.56. The van der Waals surface area contributed by atoms with Crippen LogP contribution in [0.3, 0.4) is 0 Å². The Morgan fingerprint density at radius 1 is 1.22 bits per heavy atom. The molecule has 0 aromatic rings. The number of carbonyl (C=O) groups is 1. The fourth-order valence-electron chi connectivity index (χ4n) is 3.95. The lowest BCUT2D eigenvalue weighted by Crippen LogP contribution is -2.18. The zero-order chi connectivity index (χ0) is 20.1. The molecule has 0 aliphatic heterocycles. The Morgan fingerprint density at radius 2 is 2.00 bits per heavy atom. The minimum absolute atomic E-state index is 0.218. The number of allylic oxidation sites excluding steroid dienone is 3. The van der Waals surface area contributed by atoms with Crippen molar-refractivity contribution in [3.05, 3.63) is 24.3 Å². The summed E-state index contributed by atoms with van der Waals surface area (Å²) in [6.45, 7) is 6.29. The Hall–Kier alpha value is -1.13. The first-order chi connectivity index (χ1) is 13.0. The molecule has 0 aromatic carbocycles. The Balaban J connectivity index is 2.37. The molecule has 1 saturated carbocycles. The first kappa shape index (κ1) is 23.9. The second kappa shape index (κ2) is 14.0. The van der Waals surface area contributed by atoms with Crippen LogP contribution in [0.2, 0.25) is 0 Å². The molecule has 1 fully saturated rings. The third-order valence-electron chi connectivity index (χ3n) is 5.56. The first-order valence-electron chi connectivity index (χ1n) is 10.8. The van der Waals surface area contributed by atoms with Gasteiger partial charge in [0, 0.05) is 6.92 Å². The van der Waals surface area contributed by atoms with Gasteiger partial charge >= 0.3 is 5.97 Å². The SMILES string of the molecule is CCCCC[C@H](O)C=C[C@@H]1[C@@H](CC=CCCCCOC(C)=O)[C@@H](O)C[C@H]1C. The van der Waals surface area contributed by atoms with Gasteiger partial charge in [0.1, 0.15) is 0 Å². The Morgan fingerprint density at radius 3 is 2.70 bits per heavy atom. The second-order valence-electron chi connectivity index (χ2n) is 8.01. The van der Waals surface area contributed by atoms with Gasteiger partial charge in [-0.15, -0.1) is 0 Å². The number of rotatable bonds is 13. The monoisotopic (exact) mass is 380 g/mol. The molecule has 4 heteroatoms. The van der Waals surface area contributed by atoms with Crippen molar-refractivity contribution < 1.29 is 19.7 Å². The van der Waals surface area contributed by atoms with Crippen LogP contribution in [0.4, 0.5) is 0 Å². The molecule has 2 N–H and O–H groups in total. The van der Waals surface area contributed by atoms with Crippen molar-refractivity contribution in [2.45, 2.75) is 90.8 Å². The molecule has 0 bridgehead atoms. The van der Waals surface area contributed by atoms with Gasteiger partial charge in [0.2, 0.25) is 0 Å². The van der Waals surface area contributed by atoms with E-state index in [0.717, 1.165) is 51.4 Å². The predicted octanol–water partition coefficient (Wildman–Crippen LogP) is 4.80. The fourth-order valence-corrected chi connectivity index (χ4v) is 3.95. The van der Waals surface area contributed by atoms with Gasteiger partial charge in [0.15, 0.2) is 0 Å². The second-order valence-corrected chi connectivity index (χ2v) is 8.01. The van der Waals surface area contributed by atoms with Crippen LogP contribution in [0, 0.1) is 17.8 Å². The molecule has 0 spiro atoms. The summed E-state index contributed by atoms with van der Waals surface area (Å²) in [6, 6.07) is 0. The van der Waals surface area contributed by atoms with Gasteiger partial charge < -0.3 is 14.9 Å². The fraction of sp³-hybridized carbons (Fsp3) is 0.783. The van der Waals surface area contributed by atoms with Gasteiger partial charge in [-0.25, -0.2) is 0 Å². The number of carbonyl (C=O) groups excluding carboxylic acids is 1. The standard InChI is InChI=1S/C23H40O4/c1-4-5-9-12-20(25)14-15-21-18(2)17-23(26)22(21)13-10-7-6-8-11-16-27-19(3)24/h7,10,14-15,18,20-23,25-26H,4-6,8-9,11-13,16-17H2,1-3H3/t18-,20+,21+,22-,23+/m1/s1.